The maximum Gasteiger partial charge on any atom is 0.408 e. The van der Waals surface area contributed by atoms with Crippen LogP contribution < -0.4 is 15.0 Å². The molecule has 0 spiro atoms. The van der Waals surface area contributed by atoms with E-state index >= 15 is 0 Å². The van der Waals surface area contributed by atoms with E-state index in [4.69, 9.17) is 9.47 Å². The lowest BCUT2D eigenvalue weighted by Crippen LogP contribution is -2.72. The number of amides is 2. The first-order valence-electron chi connectivity index (χ1n) is 7.34. The zero-order valence-electron chi connectivity index (χ0n) is 13.7. The fraction of sp³-hybridized carbons (Fsp3) is 0.500. The maximum atomic E-state index is 12.3. The van der Waals surface area contributed by atoms with Gasteiger partial charge in [0.05, 0.1) is 19.8 Å². The molecule has 1 saturated heterocycles. The van der Waals surface area contributed by atoms with Crippen molar-refractivity contribution in [3.05, 3.63) is 24.3 Å². The van der Waals surface area contributed by atoms with Crippen molar-refractivity contribution in [2.75, 3.05) is 18.6 Å². The molecule has 0 aliphatic carbocycles. The summed E-state index contributed by atoms with van der Waals surface area (Å²) in [7, 11) is 1.56. The van der Waals surface area contributed by atoms with Crippen molar-refractivity contribution in [3.63, 3.8) is 0 Å². The van der Waals surface area contributed by atoms with Crippen molar-refractivity contribution in [1.82, 2.24) is 5.32 Å². The van der Waals surface area contributed by atoms with Gasteiger partial charge in [0.15, 0.2) is 0 Å². The minimum absolute atomic E-state index is 0.266. The monoisotopic (exact) mass is 322 g/mol. The number of alkyl carbamates (subject to hydrolysis) is 1. The molecule has 7 heteroatoms. The molecule has 1 heterocycles. The van der Waals surface area contributed by atoms with Crippen LogP contribution in [0.1, 0.15) is 20.8 Å². The van der Waals surface area contributed by atoms with Crippen LogP contribution in [0.5, 0.6) is 5.75 Å². The number of methoxy groups -OCH3 is 1. The predicted octanol–water partition coefficient (Wildman–Crippen LogP) is 1.30. The molecule has 1 aromatic carbocycles. The third-order valence-corrected chi connectivity index (χ3v) is 3.43. The smallest absolute Gasteiger partial charge is 0.408 e. The molecule has 2 amide bonds. The van der Waals surface area contributed by atoms with Gasteiger partial charge in [0.1, 0.15) is 17.4 Å². The Morgan fingerprint density at radius 3 is 2.39 bits per heavy atom. The summed E-state index contributed by atoms with van der Waals surface area (Å²) in [6.45, 7) is 4.95. The minimum atomic E-state index is -0.794. The number of anilines is 1. The van der Waals surface area contributed by atoms with E-state index < -0.39 is 23.8 Å². The first-order chi connectivity index (χ1) is 10.8. The van der Waals surface area contributed by atoms with Crippen LogP contribution in [-0.4, -0.2) is 48.5 Å². The zero-order chi connectivity index (χ0) is 17.2. The molecule has 7 nitrogen and oxygen atoms in total. The first kappa shape index (κ1) is 17.1. The zero-order valence-corrected chi connectivity index (χ0v) is 13.7. The van der Waals surface area contributed by atoms with E-state index in [-0.39, 0.29) is 12.5 Å². The van der Waals surface area contributed by atoms with Crippen molar-refractivity contribution in [3.8, 4) is 5.75 Å². The first-order valence-corrected chi connectivity index (χ1v) is 7.34. The standard InChI is InChI=1S/C16H22N2O5/c1-16(2,3)23-15(21)17-13-12(9-19)18(14(13)20)10-5-7-11(22-4)8-6-10/h5-8,12-13,19H,9H2,1-4H3,(H,17,21)/t12-,13+/m1/s1. The summed E-state index contributed by atoms with van der Waals surface area (Å²) in [5.41, 5.74) is -0.0153. The lowest BCUT2D eigenvalue weighted by atomic mass is 9.94. The third-order valence-electron chi connectivity index (χ3n) is 3.43. The Bertz CT molecular complexity index is 579. The molecule has 2 rings (SSSR count). The van der Waals surface area contributed by atoms with Crippen molar-refractivity contribution < 1.29 is 24.2 Å². The highest BCUT2D eigenvalue weighted by Crippen LogP contribution is 2.29. The van der Waals surface area contributed by atoms with Crippen LogP contribution in [0.25, 0.3) is 0 Å². The number of aliphatic hydroxyl groups excluding tert-OH is 1. The number of hydrogen-bond donors (Lipinski definition) is 2. The number of carbonyl (C=O) groups excluding carboxylic acids is 2. The molecule has 1 aliphatic rings. The molecule has 1 fully saturated rings. The second-order valence-corrected chi connectivity index (χ2v) is 6.28. The average Bonchev–Trinajstić information content (AvgIpc) is 2.48. The number of aliphatic hydroxyl groups is 1. The number of β-lactam (4-membered cyclic amide) rings is 1. The molecule has 0 unspecified atom stereocenters. The SMILES string of the molecule is COc1ccc(N2C(=O)[C@@H](NC(=O)OC(C)(C)C)[C@H]2CO)cc1. The Morgan fingerprint density at radius 2 is 1.91 bits per heavy atom. The normalized spacial score (nSPS) is 20.7. The molecule has 1 aromatic rings. The number of hydrogen-bond acceptors (Lipinski definition) is 5. The van der Waals surface area contributed by atoms with Crippen LogP contribution in [0.15, 0.2) is 24.3 Å². The summed E-state index contributed by atoms with van der Waals surface area (Å²) in [5.74, 6) is 0.380. The van der Waals surface area contributed by atoms with Gasteiger partial charge >= 0.3 is 6.09 Å². The number of carbonyl (C=O) groups is 2. The Labute approximate surface area is 135 Å². The molecule has 23 heavy (non-hydrogen) atoms. The predicted molar refractivity (Wildman–Crippen MR) is 84.5 cm³/mol. The quantitative estimate of drug-likeness (QED) is 0.816. The third kappa shape index (κ3) is 3.73. The van der Waals surface area contributed by atoms with E-state index in [1.165, 1.54) is 4.90 Å². The van der Waals surface area contributed by atoms with E-state index in [1.807, 2.05) is 0 Å². The molecule has 0 radical (unpaired) electrons. The Balaban J connectivity index is 2.05. The van der Waals surface area contributed by atoms with Gasteiger partial charge in [0.25, 0.3) is 5.91 Å². The van der Waals surface area contributed by atoms with Crippen LogP contribution in [0, 0.1) is 0 Å². The van der Waals surface area contributed by atoms with E-state index in [0.717, 1.165) is 0 Å². The molecule has 2 N–H and O–H groups in total. The van der Waals surface area contributed by atoms with Crippen LogP contribution in [0.4, 0.5) is 10.5 Å². The van der Waals surface area contributed by atoms with Gasteiger partial charge in [-0.2, -0.15) is 0 Å². The maximum absolute atomic E-state index is 12.3. The Kier molecular flexibility index (Phi) is 4.79. The number of ether oxygens (including phenoxy) is 2. The summed E-state index contributed by atoms with van der Waals surface area (Å²) in [6.07, 6.45) is -0.677. The van der Waals surface area contributed by atoms with Gasteiger partial charge in [-0.1, -0.05) is 0 Å². The van der Waals surface area contributed by atoms with Crippen LogP contribution in [0.2, 0.25) is 0 Å². The lowest BCUT2D eigenvalue weighted by molar-refractivity contribution is -0.128. The van der Waals surface area contributed by atoms with E-state index in [2.05, 4.69) is 5.32 Å². The average molecular weight is 322 g/mol. The molecule has 0 bridgehead atoms. The fourth-order valence-electron chi connectivity index (χ4n) is 2.39. The molecule has 0 saturated carbocycles. The molecule has 2 atom stereocenters. The van der Waals surface area contributed by atoms with Gasteiger partial charge in [-0.15, -0.1) is 0 Å². The topological polar surface area (TPSA) is 88.1 Å². The summed E-state index contributed by atoms with van der Waals surface area (Å²) >= 11 is 0. The number of nitrogens with one attached hydrogen (secondary N) is 1. The molecule has 126 valence electrons. The highest BCUT2D eigenvalue weighted by molar-refractivity contribution is 6.06. The van der Waals surface area contributed by atoms with Crippen molar-refractivity contribution in [2.24, 2.45) is 0 Å². The van der Waals surface area contributed by atoms with E-state index in [1.54, 1.807) is 52.1 Å². The van der Waals surface area contributed by atoms with Gasteiger partial charge in [0.2, 0.25) is 0 Å². The van der Waals surface area contributed by atoms with Gasteiger partial charge in [-0.3, -0.25) is 4.79 Å². The van der Waals surface area contributed by atoms with Crippen molar-refractivity contribution in [1.29, 1.82) is 0 Å². The molecule has 0 aromatic heterocycles. The largest absolute Gasteiger partial charge is 0.497 e. The highest BCUT2D eigenvalue weighted by atomic mass is 16.6. The van der Waals surface area contributed by atoms with E-state index in [0.29, 0.717) is 11.4 Å². The number of benzene rings is 1. The van der Waals surface area contributed by atoms with Crippen LogP contribution in [-0.2, 0) is 9.53 Å². The highest BCUT2D eigenvalue weighted by Gasteiger charge is 2.49. The minimum Gasteiger partial charge on any atom is -0.497 e. The number of rotatable bonds is 4. The van der Waals surface area contributed by atoms with Crippen LogP contribution >= 0.6 is 0 Å². The summed E-state index contributed by atoms with van der Waals surface area (Å²) in [5, 5.41) is 12.1. The summed E-state index contributed by atoms with van der Waals surface area (Å²) in [4.78, 5) is 25.5. The second-order valence-electron chi connectivity index (χ2n) is 6.28. The Morgan fingerprint density at radius 1 is 1.30 bits per heavy atom. The Hall–Kier alpha value is -2.28. The van der Waals surface area contributed by atoms with Crippen LogP contribution in [0.3, 0.4) is 0 Å². The number of nitrogens with zero attached hydrogens (tertiary/aromatic N) is 1. The molecular formula is C16H22N2O5. The summed E-state index contributed by atoms with van der Waals surface area (Å²) in [6, 6.07) is 5.59. The van der Waals surface area contributed by atoms with Gasteiger partial charge < -0.3 is 24.8 Å². The fourth-order valence-corrected chi connectivity index (χ4v) is 2.39. The van der Waals surface area contributed by atoms with E-state index in [9.17, 15) is 14.7 Å². The van der Waals surface area contributed by atoms with Gasteiger partial charge in [-0.05, 0) is 45.0 Å². The van der Waals surface area contributed by atoms with Gasteiger partial charge in [-0.25, -0.2) is 4.79 Å². The molecule has 1 aliphatic heterocycles. The lowest BCUT2D eigenvalue weighted by Gasteiger charge is -2.46. The summed E-state index contributed by atoms with van der Waals surface area (Å²) < 4.78 is 10.2. The second kappa shape index (κ2) is 6.45. The van der Waals surface area contributed by atoms with Gasteiger partial charge in [0, 0.05) is 5.69 Å². The van der Waals surface area contributed by atoms with Crippen molar-refractivity contribution >= 4 is 17.7 Å². The van der Waals surface area contributed by atoms with Crippen molar-refractivity contribution in [2.45, 2.75) is 38.5 Å². The molecular weight excluding hydrogens is 300 g/mol.